The molecule has 108 valence electrons. The Kier molecular flexibility index (Phi) is 4.41. The highest BCUT2D eigenvalue weighted by Gasteiger charge is 2.13. The number of aromatic nitrogens is 1. The molecule has 20 heavy (non-hydrogen) atoms. The fourth-order valence-electron chi connectivity index (χ4n) is 2.26. The summed E-state index contributed by atoms with van der Waals surface area (Å²) in [6.07, 6.45) is 0.164. The van der Waals surface area contributed by atoms with Crippen molar-refractivity contribution >= 4 is 10.9 Å². The Morgan fingerprint density at radius 3 is 2.65 bits per heavy atom. The monoisotopic (exact) mass is 272 g/mol. The number of aliphatic hydroxyl groups excluding tert-OH is 1. The van der Waals surface area contributed by atoms with Gasteiger partial charge in [0.05, 0.1) is 11.6 Å². The summed E-state index contributed by atoms with van der Waals surface area (Å²) in [5.74, 6) is 0. The molecular formula is C17H24N2O. The molecule has 2 aromatic rings. The molecule has 3 nitrogen and oxygen atoms in total. The van der Waals surface area contributed by atoms with Gasteiger partial charge in [-0.1, -0.05) is 18.2 Å². The molecule has 1 heterocycles. The van der Waals surface area contributed by atoms with E-state index in [-0.39, 0.29) is 5.54 Å². The van der Waals surface area contributed by atoms with Crippen molar-refractivity contribution in [3.8, 4) is 0 Å². The van der Waals surface area contributed by atoms with Gasteiger partial charge in [0.2, 0.25) is 0 Å². The van der Waals surface area contributed by atoms with Crippen LogP contribution in [0.25, 0.3) is 10.9 Å². The van der Waals surface area contributed by atoms with Crippen molar-refractivity contribution in [1.29, 1.82) is 0 Å². The average molecular weight is 272 g/mol. The average Bonchev–Trinajstić information content (AvgIpc) is 2.36. The summed E-state index contributed by atoms with van der Waals surface area (Å²) in [4.78, 5) is 4.63. The third-order valence-electron chi connectivity index (χ3n) is 3.29. The smallest absolute Gasteiger partial charge is 0.0720 e. The number of pyridine rings is 1. The summed E-state index contributed by atoms with van der Waals surface area (Å²) >= 11 is 0. The van der Waals surface area contributed by atoms with Crippen LogP contribution in [0.5, 0.6) is 0 Å². The first-order valence-electron chi connectivity index (χ1n) is 7.13. The second-order valence-electron chi connectivity index (χ2n) is 6.44. The Labute approximate surface area is 121 Å². The van der Waals surface area contributed by atoms with E-state index in [0.29, 0.717) is 13.0 Å². The van der Waals surface area contributed by atoms with Crippen molar-refractivity contribution in [2.75, 3.05) is 6.54 Å². The van der Waals surface area contributed by atoms with Crippen molar-refractivity contribution in [3.05, 3.63) is 41.6 Å². The molecular weight excluding hydrogens is 248 g/mol. The minimum absolute atomic E-state index is 0.0215. The molecule has 1 aromatic heterocycles. The second kappa shape index (κ2) is 5.90. The minimum atomic E-state index is -0.415. The molecule has 0 amide bonds. The number of fused-ring (bicyclic) bond motifs is 1. The fraction of sp³-hybridized carbons (Fsp3) is 0.471. The normalized spacial score (nSPS) is 13.7. The first-order chi connectivity index (χ1) is 9.35. The van der Waals surface area contributed by atoms with Crippen LogP contribution in [0.1, 0.15) is 32.0 Å². The number of hydrogen-bond acceptors (Lipinski definition) is 3. The van der Waals surface area contributed by atoms with Crippen molar-refractivity contribution < 1.29 is 5.11 Å². The predicted octanol–water partition coefficient (Wildman–Crippen LogP) is 2.83. The third kappa shape index (κ3) is 4.02. The maximum absolute atomic E-state index is 10.1. The van der Waals surface area contributed by atoms with Crippen LogP contribution in [0.2, 0.25) is 0 Å². The molecule has 0 saturated heterocycles. The zero-order valence-electron chi connectivity index (χ0n) is 12.8. The molecule has 0 saturated carbocycles. The molecule has 3 heteroatoms. The summed E-state index contributed by atoms with van der Waals surface area (Å²) in [6, 6.07) is 10.2. The summed E-state index contributed by atoms with van der Waals surface area (Å²) in [5, 5.41) is 14.6. The molecule has 0 unspecified atom stereocenters. The van der Waals surface area contributed by atoms with E-state index in [1.54, 1.807) is 0 Å². The van der Waals surface area contributed by atoms with Gasteiger partial charge < -0.3 is 10.4 Å². The highest BCUT2D eigenvalue weighted by Crippen LogP contribution is 2.18. The topological polar surface area (TPSA) is 45.1 Å². The highest BCUT2D eigenvalue weighted by atomic mass is 16.3. The van der Waals surface area contributed by atoms with Crippen LogP contribution in [-0.4, -0.2) is 28.3 Å². The van der Waals surface area contributed by atoms with Crippen molar-refractivity contribution in [3.63, 3.8) is 0 Å². The first-order valence-corrected chi connectivity index (χ1v) is 7.13. The molecule has 2 rings (SSSR count). The Balaban J connectivity index is 2.10. The van der Waals surface area contributed by atoms with Crippen LogP contribution in [0.4, 0.5) is 0 Å². The molecule has 2 N–H and O–H groups in total. The summed E-state index contributed by atoms with van der Waals surface area (Å²) in [6.45, 7) is 8.96. The standard InChI is InChI=1S/C17H24N2O/c1-12-9-13(10-14(20)11-18-17(2,3)4)19-16-8-6-5-7-15(12)16/h5-9,14,18,20H,10-11H2,1-4H3/t14-/m1/s1. The van der Waals surface area contributed by atoms with Crippen LogP contribution < -0.4 is 5.32 Å². The van der Waals surface area contributed by atoms with Gasteiger partial charge in [0, 0.05) is 29.6 Å². The van der Waals surface area contributed by atoms with Crippen LogP contribution in [0, 0.1) is 6.92 Å². The van der Waals surface area contributed by atoms with Gasteiger partial charge in [-0.3, -0.25) is 4.98 Å². The van der Waals surface area contributed by atoms with Gasteiger partial charge in [-0.25, -0.2) is 0 Å². The zero-order chi connectivity index (χ0) is 14.8. The van der Waals surface area contributed by atoms with E-state index in [0.717, 1.165) is 11.2 Å². The van der Waals surface area contributed by atoms with E-state index >= 15 is 0 Å². The van der Waals surface area contributed by atoms with Crippen LogP contribution in [0.15, 0.2) is 30.3 Å². The van der Waals surface area contributed by atoms with Gasteiger partial charge in [-0.05, 0) is 45.4 Å². The number of benzene rings is 1. The number of nitrogens with zero attached hydrogens (tertiary/aromatic N) is 1. The Morgan fingerprint density at radius 2 is 1.95 bits per heavy atom. The number of nitrogens with one attached hydrogen (secondary N) is 1. The Morgan fingerprint density at radius 1 is 1.25 bits per heavy atom. The number of β-amino-alcohol motifs (C(OH)–C–C–N with tert-alkyl or cyclic N) is 1. The zero-order valence-corrected chi connectivity index (χ0v) is 12.8. The van der Waals surface area contributed by atoms with Crippen LogP contribution in [-0.2, 0) is 6.42 Å². The van der Waals surface area contributed by atoms with E-state index < -0.39 is 6.10 Å². The lowest BCUT2D eigenvalue weighted by Crippen LogP contribution is -2.41. The summed E-state index contributed by atoms with van der Waals surface area (Å²) in [7, 11) is 0. The molecule has 1 atom stereocenters. The van der Waals surface area contributed by atoms with Gasteiger partial charge >= 0.3 is 0 Å². The molecule has 0 fully saturated rings. The molecule has 0 bridgehead atoms. The first kappa shape index (κ1) is 14.9. The number of rotatable bonds is 4. The Hall–Kier alpha value is -1.45. The van der Waals surface area contributed by atoms with Crippen LogP contribution >= 0.6 is 0 Å². The number of hydrogen-bond donors (Lipinski definition) is 2. The maximum atomic E-state index is 10.1. The van der Waals surface area contributed by atoms with Gasteiger partial charge in [0.1, 0.15) is 0 Å². The molecule has 0 aliphatic rings. The van der Waals surface area contributed by atoms with E-state index in [4.69, 9.17) is 0 Å². The SMILES string of the molecule is Cc1cc(C[C@@H](O)CNC(C)(C)C)nc2ccccc12. The lowest BCUT2D eigenvalue weighted by molar-refractivity contribution is 0.160. The molecule has 0 aliphatic carbocycles. The third-order valence-corrected chi connectivity index (χ3v) is 3.29. The van der Waals surface area contributed by atoms with Gasteiger partial charge in [-0.15, -0.1) is 0 Å². The van der Waals surface area contributed by atoms with E-state index in [2.05, 4.69) is 50.1 Å². The van der Waals surface area contributed by atoms with E-state index in [1.165, 1.54) is 10.9 Å². The quantitative estimate of drug-likeness (QED) is 0.899. The predicted molar refractivity (Wildman–Crippen MR) is 83.9 cm³/mol. The fourth-order valence-corrected chi connectivity index (χ4v) is 2.26. The highest BCUT2D eigenvalue weighted by molar-refractivity contribution is 5.82. The van der Waals surface area contributed by atoms with Crippen LogP contribution in [0.3, 0.4) is 0 Å². The van der Waals surface area contributed by atoms with Crippen molar-refractivity contribution in [2.45, 2.75) is 45.8 Å². The van der Waals surface area contributed by atoms with Gasteiger partial charge in [-0.2, -0.15) is 0 Å². The number of aliphatic hydroxyl groups is 1. The van der Waals surface area contributed by atoms with Crippen molar-refractivity contribution in [2.24, 2.45) is 0 Å². The second-order valence-corrected chi connectivity index (χ2v) is 6.44. The van der Waals surface area contributed by atoms with Gasteiger partial charge in [0.15, 0.2) is 0 Å². The molecule has 0 spiro atoms. The molecule has 0 radical (unpaired) electrons. The largest absolute Gasteiger partial charge is 0.391 e. The lowest BCUT2D eigenvalue weighted by Gasteiger charge is -2.22. The van der Waals surface area contributed by atoms with Crippen molar-refractivity contribution in [1.82, 2.24) is 10.3 Å². The van der Waals surface area contributed by atoms with E-state index in [9.17, 15) is 5.11 Å². The lowest BCUT2D eigenvalue weighted by atomic mass is 10.1. The number of para-hydroxylation sites is 1. The number of aryl methyl sites for hydroxylation is 1. The van der Waals surface area contributed by atoms with Gasteiger partial charge in [0.25, 0.3) is 0 Å². The maximum Gasteiger partial charge on any atom is 0.0720 e. The minimum Gasteiger partial charge on any atom is -0.391 e. The molecule has 0 aliphatic heterocycles. The molecule has 1 aromatic carbocycles. The Bertz CT molecular complexity index is 587. The summed E-state index contributed by atoms with van der Waals surface area (Å²) < 4.78 is 0. The summed E-state index contributed by atoms with van der Waals surface area (Å²) in [5.41, 5.74) is 3.18. The van der Waals surface area contributed by atoms with E-state index in [1.807, 2.05) is 18.2 Å².